The summed E-state index contributed by atoms with van der Waals surface area (Å²) in [7, 11) is 0. The van der Waals surface area contributed by atoms with E-state index in [2.05, 4.69) is 55.4 Å². The molecule has 0 aromatic carbocycles. The largest absolute Gasteiger partial charge is 0.381 e. The van der Waals surface area contributed by atoms with Gasteiger partial charge in [0.15, 0.2) is 0 Å². The van der Waals surface area contributed by atoms with Crippen LogP contribution in [0.25, 0.3) is 0 Å². The molecule has 0 unspecified atom stereocenters. The smallest absolute Gasteiger partial charge is 0.0522 e. The minimum Gasteiger partial charge on any atom is -0.381 e. The van der Waals surface area contributed by atoms with Gasteiger partial charge in [0.2, 0.25) is 0 Å². The number of hydrogen-bond donors (Lipinski definition) is 0. The van der Waals surface area contributed by atoms with Crippen molar-refractivity contribution in [1.82, 2.24) is 0 Å². The molecular weight excluding hydrogens is 248 g/mol. The van der Waals surface area contributed by atoms with Gasteiger partial charge in [-0.2, -0.15) is 0 Å². The van der Waals surface area contributed by atoms with Crippen molar-refractivity contribution < 1.29 is 9.47 Å². The van der Waals surface area contributed by atoms with E-state index >= 15 is 0 Å². The predicted molar refractivity (Wildman–Crippen MR) is 86.0 cm³/mol. The molecule has 2 fully saturated rings. The van der Waals surface area contributed by atoms with E-state index in [0.29, 0.717) is 21.7 Å². The zero-order chi connectivity index (χ0) is 15.7. The lowest BCUT2D eigenvalue weighted by molar-refractivity contribution is -0.0749. The van der Waals surface area contributed by atoms with Crippen LogP contribution in [0.5, 0.6) is 0 Å². The van der Waals surface area contributed by atoms with Gasteiger partial charge in [-0.1, -0.05) is 55.4 Å². The van der Waals surface area contributed by atoms with Crippen LogP contribution in [0.4, 0.5) is 0 Å². The van der Waals surface area contributed by atoms with Crippen LogP contribution in [0.2, 0.25) is 0 Å². The third kappa shape index (κ3) is 3.98. The van der Waals surface area contributed by atoms with Crippen molar-refractivity contribution in [2.45, 2.75) is 68.2 Å². The summed E-state index contributed by atoms with van der Waals surface area (Å²) in [5.74, 6) is 0. The minimum atomic E-state index is 0.352. The van der Waals surface area contributed by atoms with Crippen molar-refractivity contribution in [3.8, 4) is 0 Å². The lowest BCUT2D eigenvalue weighted by atomic mass is 9.65. The minimum absolute atomic E-state index is 0.352. The van der Waals surface area contributed by atoms with E-state index in [0.717, 1.165) is 26.4 Å². The summed E-state index contributed by atoms with van der Waals surface area (Å²) < 4.78 is 10.8. The Morgan fingerprint density at radius 3 is 0.950 bits per heavy atom. The molecule has 0 amide bonds. The quantitative estimate of drug-likeness (QED) is 0.628. The lowest BCUT2D eigenvalue weighted by Gasteiger charge is -2.45. The van der Waals surface area contributed by atoms with Gasteiger partial charge in [-0.25, -0.2) is 0 Å². The number of hydrogen-bond acceptors (Lipinski definition) is 2. The van der Waals surface area contributed by atoms with Crippen molar-refractivity contribution in [2.75, 3.05) is 26.4 Å². The maximum Gasteiger partial charge on any atom is 0.0522 e. The molecule has 0 atom stereocenters. The molecular formula is C18H36O2. The van der Waals surface area contributed by atoms with Crippen molar-refractivity contribution in [1.29, 1.82) is 0 Å². The molecule has 0 aromatic heterocycles. The Labute approximate surface area is 126 Å². The van der Waals surface area contributed by atoms with Crippen LogP contribution >= 0.6 is 0 Å². The first kappa shape index (κ1) is 18.0. The van der Waals surface area contributed by atoms with E-state index in [4.69, 9.17) is 9.47 Å². The van der Waals surface area contributed by atoms with E-state index < -0.39 is 0 Å². The van der Waals surface area contributed by atoms with Crippen molar-refractivity contribution >= 4 is 0 Å². The standard InChI is InChI=1S/2C9H18O/c2*1-8(2)5-6-10-7-9(8,3)4/h2*5-7H2,1-4H3. The maximum atomic E-state index is 5.42. The Morgan fingerprint density at radius 1 is 0.500 bits per heavy atom. The van der Waals surface area contributed by atoms with Crippen molar-refractivity contribution in [2.24, 2.45) is 21.7 Å². The summed E-state index contributed by atoms with van der Waals surface area (Å²) in [4.78, 5) is 0. The SMILES string of the molecule is CC1(C)CCOCC1(C)C.CC1(C)CCOCC1(C)C. The highest BCUT2D eigenvalue weighted by Gasteiger charge is 2.40. The molecule has 0 N–H and O–H groups in total. The Morgan fingerprint density at radius 2 is 0.800 bits per heavy atom. The van der Waals surface area contributed by atoms with Crippen LogP contribution in [0.3, 0.4) is 0 Å². The second-order valence-electron chi connectivity index (χ2n) is 9.14. The Kier molecular flexibility index (Phi) is 5.36. The Balaban J connectivity index is 0.000000200. The van der Waals surface area contributed by atoms with Crippen LogP contribution in [0, 0.1) is 21.7 Å². The van der Waals surface area contributed by atoms with Gasteiger partial charge < -0.3 is 9.47 Å². The molecule has 2 nitrogen and oxygen atoms in total. The summed E-state index contributed by atoms with van der Waals surface area (Å²) in [5, 5.41) is 0. The van der Waals surface area contributed by atoms with Gasteiger partial charge in [0.25, 0.3) is 0 Å². The first-order valence-corrected chi connectivity index (χ1v) is 8.07. The molecule has 2 saturated heterocycles. The number of ether oxygens (including phenoxy) is 2. The molecule has 2 heterocycles. The molecule has 2 aliphatic heterocycles. The van der Waals surface area contributed by atoms with E-state index in [1.165, 1.54) is 12.8 Å². The van der Waals surface area contributed by atoms with Gasteiger partial charge in [0.1, 0.15) is 0 Å². The summed E-state index contributed by atoms with van der Waals surface area (Å²) in [6.07, 6.45) is 2.39. The second kappa shape index (κ2) is 5.96. The third-order valence-electron chi connectivity index (χ3n) is 6.33. The molecule has 0 saturated carbocycles. The molecule has 20 heavy (non-hydrogen) atoms. The highest BCUT2D eigenvalue weighted by molar-refractivity contribution is 4.89. The van der Waals surface area contributed by atoms with Crippen molar-refractivity contribution in [3.05, 3.63) is 0 Å². The Hall–Kier alpha value is -0.0800. The first-order chi connectivity index (χ1) is 8.91. The lowest BCUT2D eigenvalue weighted by Crippen LogP contribution is -2.41. The van der Waals surface area contributed by atoms with Gasteiger partial charge in [0, 0.05) is 13.2 Å². The average molecular weight is 284 g/mol. The summed E-state index contributed by atoms with van der Waals surface area (Å²) >= 11 is 0. The second-order valence-corrected chi connectivity index (χ2v) is 9.14. The predicted octanol–water partition coefficient (Wildman–Crippen LogP) is 4.92. The monoisotopic (exact) mass is 284 g/mol. The molecule has 0 aromatic rings. The molecule has 2 heteroatoms. The third-order valence-corrected chi connectivity index (χ3v) is 6.33. The molecule has 0 aliphatic carbocycles. The van der Waals surface area contributed by atoms with E-state index in [-0.39, 0.29) is 0 Å². The summed E-state index contributed by atoms with van der Waals surface area (Å²) in [6, 6.07) is 0. The van der Waals surface area contributed by atoms with E-state index in [1.807, 2.05) is 0 Å². The van der Waals surface area contributed by atoms with Gasteiger partial charge in [-0.3, -0.25) is 0 Å². The normalized spacial score (nSPS) is 30.0. The molecule has 0 bridgehead atoms. The fraction of sp³-hybridized carbons (Fsp3) is 1.00. The fourth-order valence-electron chi connectivity index (χ4n) is 2.38. The Bertz CT molecular complexity index is 249. The zero-order valence-corrected chi connectivity index (χ0v) is 15.1. The number of rotatable bonds is 0. The van der Waals surface area contributed by atoms with Crippen LogP contribution in [-0.2, 0) is 9.47 Å². The highest BCUT2D eigenvalue weighted by atomic mass is 16.5. The van der Waals surface area contributed by atoms with Crippen LogP contribution in [0.1, 0.15) is 68.2 Å². The molecule has 120 valence electrons. The highest BCUT2D eigenvalue weighted by Crippen LogP contribution is 2.44. The van der Waals surface area contributed by atoms with E-state index in [9.17, 15) is 0 Å². The van der Waals surface area contributed by atoms with Gasteiger partial charge >= 0.3 is 0 Å². The summed E-state index contributed by atoms with van der Waals surface area (Å²) in [5.41, 5.74) is 1.60. The van der Waals surface area contributed by atoms with Gasteiger partial charge in [0.05, 0.1) is 13.2 Å². The van der Waals surface area contributed by atoms with Crippen LogP contribution in [0.15, 0.2) is 0 Å². The van der Waals surface area contributed by atoms with Crippen molar-refractivity contribution in [3.63, 3.8) is 0 Å². The van der Waals surface area contributed by atoms with Gasteiger partial charge in [-0.05, 0) is 34.5 Å². The van der Waals surface area contributed by atoms with Crippen LogP contribution in [-0.4, -0.2) is 26.4 Å². The zero-order valence-electron chi connectivity index (χ0n) is 15.1. The van der Waals surface area contributed by atoms with Gasteiger partial charge in [-0.15, -0.1) is 0 Å². The first-order valence-electron chi connectivity index (χ1n) is 8.07. The van der Waals surface area contributed by atoms with E-state index in [1.54, 1.807) is 0 Å². The van der Waals surface area contributed by atoms with Crippen LogP contribution < -0.4 is 0 Å². The molecule has 2 rings (SSSR count). The molecule has 0 radical (unpaired) electrons. The topological polar surface area (TPSA) is 18.5 Å². The molecule has 0 spiro atoms. The molecule has 2 aliphatic rings. The maximum absolute atomic E-state index is 5.42. The summed E-state index contributed by atoms with van der Waals surface area (Å²) in [6.45, 7) is 22.2. The fourth-order valence-corrected chi connectivity index (χ4v) is 2.38. The average Bonchev–Trinajstić information content (AvgIpc) is 2.28.